The van der Waals surface area contributed by atoms with E-state index in [1.807, 2.05) is 30.0 Å². The van der Waals surface area contributed by atoms with Gasteiger partial charge in [0.1, 0.15) is 0 Å². The van der Waals surface area contributed by atoms with Gasteiger partial charge >= 0.3 is 0 Å². The highest BCUT2D eigenvalue weighted by Gasteiger charge is 2.22. The van der Waals surface area contributed by atoms with Crippen molar-refractivity contribution in [2.45, 2.75) is 24.5 Å². The summed E-state index contributed by atoms with van der Waals surface area (Å²) in [7, 11) is 0. The molecule has 1 unspecified atom stereocenters. The van der Waals surface area contributed by atoms with Crippen LogP contribution in [0.25, 0.3) is 11.5 Å². The van der Waals surface area contributed by atoms with E-state index in [4.69, 9.17) is 10.3 Å². The fraction of sp³-hybridized carbons (Fsp3) is 0.385. The number of anilines is 1. The van der Waals surface area contributed by atoms with E-state index in [9.17, 15) is 0 Å². The summed E-state index contributed by atoms with van der Waals surface area (Å²) in [6, 6.07) is 5.66. The number of thioether (sulfide) groups is 1. The lowest BCUT2D eigenvalue weighted by Gasteiger charge is -2.17. The molecule has 0 amide bonds. The molecule has 1 aliphatic heterocycles. The van der Waals surface area contributed by atoms with Crippen molar-refractivity contribution in [1.29, 1.82) is 0 Å². The molecule has 1 saturated heterocycles. The molecule has 100 valence electrons. The summed E-state index contributed by atoms with van der Waals surface area (Å²) in [6.45, 7) is 0. The van der Waals surface area contributed by atoms with Crippen molar-refractivity contribution < 1.29 is 4.52 Å². The van der Waals surface area contributed by atoms with Crippen LogP contribution in [0.5, 0.6) is 0 Å². The second-order valence-corrected chi connectivity index (χ2v) is 6.77. The van der Waals surface area contributed by atoms with Gasteiger partial charge in [0.15, 0.2) is 5.82 Å². The Labute approximate surface area is 124 Å². The maximum Gasteiger partial charge on any atom is 0.260 e. The molecular formula is C13H14BrN3OS. The second kappa shape index (κ2) is 5.54. The first kappa shape index (κ1) is 13.0. The van der Waals surface area contributed by atoms with E-state index < -0.39 is 0 Å². The molecule has 3 rings (SSSR count). The second-order valence-electron chi connectivity index (χ2n) is 4.54. The molecule has 4 nitrogen and oxygen atoms in total. The van der Waals surface area contributed by atoms with Gasteiger partial charge in [0.2, 0.25) is 0 Å². The van der Waals surface area contributed by atoms with E-state index in [0.29, 0.717) is 16.8 Å². The van der Waals surface area contributed by atoms with E-state index >= 15 is 0 Å². The summed E-state index contributed by atoms with van der Waals surface area (Å²) in [5.41, 5.74) is 7.41. The van der Waals surface area contributed by atoms with Crippen molar-refractivity contribution in [3.05, 3.63) is 28.5 Å². The van der Waals surface area contributed by atoms with Gasteiger partial charge in [-0.25, -0.2) is 0 Å². The lowest BCUT2D eigenvalue weighted by Crippen LogP contribution is -2.03. The van der Waals surface area contributed by atoms with Crippen LogP contribution in [0, 0.1) is 0 Å². The highest BCUT2D eigenvalue weighted by Crippen LogP contribution is 2.38. The van der Waals surface area contributed by atoms with Gasteiger partial charge < -0.3 is 10.3 Å². The van der Waals surface area contributed by atoms with Crippen LogP contribution in [0.2, 0.25) is 0 Å². The van der Waals surface area contributed by atoms with Gasteiger partial charge in [-0.15, -0.1) is 0 Å². The minimum atomic E-state index is 0.364. The predicted molar refractivity (Wildman–Crippen MR) is 80.9 cm³/mol. The average molecular weight is 340 g/mol. The molecule has 2 N–H and O–H groups in total. The molecule has 6 heteroatoms. The predicted octanol–water partition coefficient (Wildman–Crippen LogP) is 4.04. The Kier molecular flexibility index (Phi) is 3.79. The Balaban J connectivity index is 1.87. The largest absolute Gasteiger partial charge is 0.398 e. The molecule has 19 heavy (non-hydrogen) atoms. The Bertz CT molecular complexity index is 581. The standard InChI is InChI=1S/C13H14BrN3OS/c14-8-4-5-9(10(15)7-8)13-16-12(17-18-13)11-3-1-2-6-19-11/h4-5,7,11H,1-3,6,15H2. The molecule has 0 spiro atoms. The molecule has 0 aliphatic carbocycles. The number of nitrogen functional groups attached to an aromatic ring is 1. The highest BCUT2D eigenvalue weighted by molar-refractivity contribution is 9.10. The molecule has 0 bridgehead atoms. The molecule has 0 saturated carbocycles. The van der Waals surface area contributed by atoms with Crippen molar-refractivity contribution in [2.75, 3.05) is 11.5 Å². The fourth-order valence-electron chi connectivity index (χ4n) is 2.15. The van der Waals surface area contributed by atoms with Crippen LogP contribution in [0.4, 0.5) is 5.69 Å². The molecule has 2 aromatic rings. The third-order valence-electron chi connectivity index (χ3n) is 3.15. The van der Waals surface area contributed by atoms with Crippen LogP contribution < -0.4 is 5.73 Å². The van der Waals surface area contributed by atoms with Gasteiger partial charge in [0.05, 0.1) is 10.8 Å². The van der Waals surface area contributed by atoms with Crippen LogP contribution in [-0.4, -0.2) is 15.9 Å². The summed E-state index contributed by atoms with van der Waals surface area (Å²) in [6.07, 6.45) is 3.65. The van der Waals surface area contributed by atoms with E-state index in [0.717, 1.165) is 22.3 Å². The quantitative estimate of drug-likeness (QED) is 0.836. The van der Waals surface area contributed by atoms with Gasteiger partial charge in [0, 0.05) is 10.2 Å². The van der Waals surface area contributed by atoms with Crippen LogP contribution >= 0.6 is 27.7 Å². The lowest BCUT2D eigenvalue weighted by atomic mass is 10.1. The topological polar surface area (TPSA) is 64.9 Å². The van der Waals surface area contributed by atoms with Crippen LogP contribution in [0.1, 0.15) is 30.3 Å². The zero-order valence-electron chi connectivity index (χ0n) is 10.3. The SMILES string of the molecule is Nc1cc(Br)ccc1-c1nc(C2CCCCS2)no1. The zero-order valence-corrected chi connectivity index (χ0v) is 12.7. The van der Waals surface area contributed by atoms with Crippen molar-refractivity contribution in [3.8, 4) is 11.5 Å². The summed E-state index contributed by atoms with van der Waals surface area (Å²) in [4.78, 5) is 4.50. The number of halogens is 1. The third kappa shape index (κ3) is 2.79. The van der Waals surface area contributed by atoms with Crippen LogP contribution in [-0.2, 0) is 0 Å². The van der Waals surface area contributed by atoms with Crippen molar-refractivity contribution >= 4 is 33.4 Å². The van der Waals surface area contributed by atoms with Crippen molar-refractivity contribution in [1.82, 2.24) is 10.1 Å². The number of aromatic nitrogens is 2. The first-order valence-corrected chi connectivity index (χ1v) is 8.09. The lowest BCUT2D eigenvalue weighted by molar-refractivity contribution is 0.420. The third-order valence-corrected chi connectivity index (χ3v) is 5.02. The number of hydrogen-bond acceptors (Lipinski definition) is 5. The zero-order chi connectivity index (χ0) is 13.2. The Morgan fingerprint density at radius 2 is 2.26 bits per heavy atom. The summed E-state index contributed by atoms with van der Waals surface area (Å²) < 4.78 is 6.30. The first-order valence-electron chi connectivity index (χ1n) is 6.24. The van der Waals surface area contributed by atoms with Crippen molar-refractivity contribution in [3.63, 3.8) is 0 Å². The first-order chi connectivity index (χ1) is 9.24. The Morgan fingerprint density at radius 3 is 3.00 bits per heavy atom. The monoisotopic (exact) mass is 339 g/mol. The minimum absolute atomic E-state index is 0.364. The van der Waals surface area contributed by atoms with E-state index in [-0.39, 0.29) is 0 Å². The molecule has 2 heterocycles. The Hall–Kier alpha value is -1.01. The van der Waals surface area contributed by atoms with E-state index in [1.165, 1.54) is 18.6 Å². The van der Waals surface area contributed by atoms with Crippen molar-refractivity contribution in [2.24, 2.45) is 0 Å². The van der Waals surface area contributed by atoms with Gasteiger partial charge in [0.25, 0.3) is 5.89 Å². The number of nitrogens with zero attached hydrogens (tertiary/aromatic N) is 2. The number of nitrogens with two attached hydrogens (primary N) is 1. The number of benzene rings is 1. The summed E-state index contributed by atoms with van der Waals surface area (Å²) in [5, 5.41) is 4.47. The maximum absolute atomic E-state index is 5.98. The van der Waals surface area contributed by atoms with Gasteiger partial charge in [-0.1, -0.05) is 27.5 Å². The van der Waals surface area contributed by atoms with Crippen LogP contribution in [0.15, 0.2) is 27.2 Å². The number of hydrogen-bond donors (Lipinski definition) is 1. The fourth-order valence-corrected chi connectivity index (χ4v) is 3.76. The van der Waals surface area contributed by atoms with Gasteiger partial charge in [-0.2, -0.15) is 16.7 Å². The molecule has 1 aliphatic rings. The van der Waals surface area contributed by atoms with E-state index in [2.05, 4.69) is 26.1 Å². The highest BCUT2D eigenvalue weighted by atomic mass is 79.9. The Morgan fingerprint density at radius 1 is 1.37 bits per heavy atom. The van der Waals surface area contributed by atoms with Gasteiger partial charge in [-0.3, -0.25) is 0 Å². The number of rotatable bonds is 2. The van der Waals surface area contributed by atoms with Gasteiger partial charge in [-0.05, 0) is 36.8 Å². The maximum atomic E-state index is 5.98. The van der Waals surface area contributed by atoms with E-state index in [1.54, 1.807) is 0 Å². The molecule has 1 fully saturated rings. The van der Waals surface area contributed by atoms with Crippen LogP contribution in [0.3, 0.4) is 0 Å². The normalized spacial score (nSPS) is 19.5. The molecular weight excluding hydrogens is 326 g/mol. The molecule has 1 atom stereocenters. The summed E-state index contributed by atoms with van der Waals surface area (Å²) >= 11 is 5.29. The average Bonchev–Trinajstić information content (AvgIpc) is 2.89. The molecule has 1 aromatic heterocycles. The molecule has 1 aromatic carbocycles. The minimum Gasteiger partial charge on any atom is -0.398 e. The smallest absolute Gasteiger partial charge is 0.260 e. The summed E-state index contributed by atoms with van der Waals surface area (Å²) in [5.74, 6) is 2.47. The molecule has 0 radical (unpaired) electrons.